The monoisotopic (exact) mass is 386 g/mol. The molecular weight excluding hydrogens is 364 g/mol. The first-order chi connectivity index (χ1) is 13.1. The number of ether oxygens (including phenoxy) is 1. The Morgan fingerprint density at radius 1 is 0.963 bits per heavy atom. The van der Waals surface area contributed by atoms with Crippen molar-refractivity contribution in [1.29, 1.82) is 0 Å². The number of carbonyl (C=O) groups is 2. The number of anilines is 1. The Kier molecular flexibility index (Phi) is 6.71. The highest BCUT2D eigenvalue weighted by molar-refractivity contribution is 6.32. The van der Waals surface area contributed by atoms with E-state index in [-0.39, 0.29) is 18.4 Å². The van der Waals surface area contributed by atoms with Crippen molar-refractivity contribution in [3.63, 3.8) is 0 Å². The lowest BCUT2D eigenvalue weighted by atomic mass is 10.1. The van der Waals surface area contributed by atoms with Gasteiger partial charge in [0.25, 0.3) is 11.8 Å². The van der Waals surface area contributed by atoms with Gasteiger partial charge >= 0.3 is 0 Å². The molecule has 0 radical (unpaired) electrons. The van der Waals surface area contributed by atoms with Gasteiger partial charge in [-0.3, -0.25) is 9.59 Å². The Hall–Kier alpha value is -2.53. The molecule has 0 aliphatic carbocycles. The lowest BCUT2D eigenvalue weighted by molar-refractivity contribution is -0.118. The predicted octanol–water partition coefficient (Wildman–Crippen LogP) is 4.37. The van der Waals surface area contributed by atoms with E-state index >= 15 is 0 Å². The van der Waals surface area contributed by atoms with Crippen LogP contribution in [0.1, 0.15) is 36.0 Å². The maximum absolute atomic E-state index is 12.6. The summed E-state index contributed by atoms with van der Waals surface area (Å²) in [6.45, 7) is 1.49. The van der Waals surface area contributed by atoms with Crippen LogP contribution in [-0.2, 0) is 4.79 Å². The smallest absolute Gasteiger partial charge is 0.262 e. The number of halogens is 1. The zero-order valence-corrected chi connectivity index (χ0v) is 15.9. The number of benzene rings is 2. The summed E-state index contributed by atoms with van der Waals surface area (Å²) in [6, 6.07) is 14.0. The first kappa shape index (κ1) is 19.2. The van der Waals surface area contributed by atoms with Crippen molar-refractivity contribution in [1.82, 2.24) is 4.90 Å². The minimum Gasteiger partial charge on any atom is -0.482 e. The number of rotatable bonds is 5. The van der Waals surface area contributed by atoms with Crippen molar-refractivity contribution in [3.8, 4) is 5.75 Å². The molecule has 0 unspecified atom stereocenters. The molecule has 0 atom stereocenters. The maximum Gasteiger partial charge on any atom is 0.262 e. The van der Waals surface area contributed by atoms with E-state index in [1.165, 1.54) is 12.8 Å². The molecular formula is C21H23ClN2O3. The van der Waals surface area contributed by atoms with Crippen molar-refractivity contribution in [2.75, 3.05) is 25.0 Å². The Bertz CT molecular complexity index is 784. The Morgan fingerprint density at radius 2 is 1.63 bits per heavy atom. The number of hydrogen-bond donors (Lipinski definition) is 1. The fourth-order valence-electron chi connectivity index (χ4n) is 3.05. The summed E-state index contributed by atoms with van der Waals surface area (Å²) in [7, 11) is 0. The van der Waals surface area contributed by atoms with Crippen LogP contribution in [0.4, 0.5) is 5.69 Å². The van der Waals surface area contributed by atoms with Crippen LogP contribution in [0, 0.1) is 0 Å². The van der Waals surface area contributed by atoms with Gasteiger partial charge in [0.15, 0.2) is 6.61 Å². The third-order valence-electron chi connectivity index (χ3n) is 4.50. The maximum atomic E-state index is 12.6. The van der Waals surface area contributed by atoms with Crippen LogP contribution in [0.5, 0.6) is 5.75 Å². The molecule has 0 bridgehead atoms. The molecule has 2 aromatic carbocycles. The van der Waals surface area contributed by atoms with Gasteiger partial charge in [0, 0.05) is 24.3 Å². The SMILES string of the molecule is O=C(COc1ccccc1Cl)Nc1ccc(C(=O)N2CCCCCC2)cc1. The highest BCUT2D eigenvalue weighted by Crippen LogP contribution is 2.23. The zero-order valence-electron chi connectivity index (χ0n) is 15.1. The van der Waals surface area contributed by atoms with E-state index in [1.54, 1.807) is 48.5 Å². The quantitative estimate of drug-likeness (QED) is 0.829. The number of nitrogens with zero attached hydrogens (tertiary/aromatic N) is 1. The van der Waals surface area contributed by atoms with Crippen LogP contribution in [0.3, 0.4) is 0 Å². The van der Waals surface area contributed by atoms with Gasteiger partial charge in [-0.2, -0.15) is 0 Å². The van der Waals surface area contributed by atoms with Crippen molar-refractivity contribution in [3.05, 3.63) is 59.1 Å². The Morgan fingerprint density at radius 3 is 2.30 bits per heavy atom. The van der Waals surface area contributed by atoms with Crippen LogP contribution >= 0.6 is 11.6 Å². The van der Waals surface area contributed by atoms with E-state index in [0.717, 1.165) is 25.9 Å². The number of carbonyl (C=O) groups excluding carboxylic acids is 2. The summed E-state index contributed by atoms with van der Waals surface area (Å²) < 4.78 is 5.42. The highest BCUT2D eigenvalue weighted by atomic mass is 35.5. The van der Waals surface area contributed by atoms with Gasteiger partial charge in [-0.25, -0.2) is 0 Å². The summed E-state index contributed by atoms with van der Waals surface area (Å²) >= 11 is 6.00. The van der Waals surface area contributed by atoms with Gasteiger partial charge in [-0.1, -0.05) is 36.6 Å². The van der Waals surface area contributed by atoms with Crippen LogP contribution in [0.25, 0.3) is 0 Å². The Labute approximate surface area is 164 Å². The van der Waals surface area contributed by atoms with E-state index in [4.69, 9.17) is 16.3 Å². The van der Waals surface area contributed by atoms with Gasteiger partial charge in [-0.15, -0.1) is 0 Å². The molecule has 0 spiro atoms. The normalized spacial score (nSPS) is 14.3. The molecule has 1 saturated heterocycles. The predicted molar refractivity (Wildman–Crippen MR) is 106 cm³/mol. The number of nitrogens with one attached hydrogen (secondary N) is 1. The summed E-state index contributed by atoms with van der Waals surface area (Å²) in [6.07, 6.45) is 4.49. The van der Waals surface area contributed by atoms with E-state index in [0.29, 0.717) is 22.0 Å². The van der Waals surface area contributed by atoms with Crippen molar-refractivity contribution in [2.24, 2.45) is 0 Å². The van der Waals surface area contributed by atoms with Crippen LogP contribution in [0.2, 0.25) is 5.02 Å². The second kappa shape index (κ2) is 9.42. The van der Waals surface area contributed by atoms with E-state index in [2.05, 4.69) is 5.32 Å². The molecule has 1 heterocycles. The molecule has 142 valence electrons. The average Bonchev–Trinajstić information content (AvgIpc) is 2.97. The van der Waals surface area contributed by atoms with Crippen molar-refractivity contribution >= 4 is 29.1 Å². The molecule has 27 heavy (non-hydrogen) atoms. The summed E-state index contributed by atoms with van der Waals surface area (Å²) in [5, 5.41) is 3.22. The second-order valence-electron chi connectivity index (χ2n) is 6.55. The number of likely N-dealkylation sites (tertiary alicyclic amines) is 1. The van der Waals surface area contributed by atoms with Crippen LogP contribution in [-0.4, -0.2) is 36.4 Å². The first-order valence-electron chi connectivity index (χ1n) is 9.20. The molecule has 0 aromatic heterocycles. The lowest BCUT2D eigenvalue weighted by Gasteiger charge is -2.20. The molecule has 3 rings (SSSR count). The molecule has 2 amide bonds. The van der Waals surface area contributed by atoms with Gasteiger partial charge in [0.2, 0.25) is 0 Å². The summed E-state index contributed by atoms with van der Waals surface area (Å²) in [5.41, 5.74) is 1.26. The van der Waals surface area contributed by atoms with Gasteiger partial charge in [0.05, 0.1) is 5.02 Å². The number of hydrogen-bond acceptors (Lipinski definition) is 3. The first-order valence-corrected chi connectivity index (χ1v) is 9.58. The molecule has 1 aliphatic rings. The topological polar surface area (TPSA) is 58.6 Å². The standard InChI is InChI=1S/C21H23ClN2O3/c22-18-7-3-4-8-19(18)27-15-20(25)23-17-11-9-16(10-12-17)21(26)24-13-5-1-2-6-14-24/h3-4,7-12H,1-2,5-6,13-15H2,(H,23,25). The minimum absolute atomic E-state index is 0.0526. The molecule has 5 nitrogen and oxygen atoms in total. The summed E-state index contributed by atoms with van der Waals surface area (Å²) in [4.78, 5) is 26.5. The minimum atomic E-state index is -0.290. The van der Waals surface area contributed by atoms with E-state index in [9.17, 15) is 9.59 Å². The molecule has 2 aromatic rings. The molecule has 1 fully saturated rings. The van der Waals surface area contributed by atoms with Crippen LogP contribution < -0.4 is 10.1 Å². The van der Waals surface area contributed by atoms with Gasteiger partial charge < -0.3 is 15.0 Å². The lowest BCUT2D eigenvalue weighted by Crippen LogP contribution is -2.31. The number of para-hydroxylation sites is 1. The van der Waals surface area contributed by atoms with Crippen LogP contribution in [0.15, 0.2) is 48.5 Å². The zero-order chi connectivity index (χ0) is 19.1. The fraction of sp³-hybridized carbons (Fsp3) is 0.333. The Balaban J connectivity index is 1.53. The van der Waals surface area contributed by atoms with Crippen molar-refractivity contribution in [2.45, 2.75) is 25.7 Å². The third kappa shape index (κ3) is 5.47. The van der Waals surface area contributed by atoms with E-state index in [1.807, 2.05) is 4.90 Å². The number of amides is 2. The molecule has 0 saturated carbocycles. The fourth-order valence-corrected chi connectivity index (χ4v) is 3.24. The van der Waals surface area contributed by atoms with Gasteiger partial charge in [0.1, 0.15) is 5.75 Å². The van der Waals surface area contributed by atoms with Crippen molar-refractivity contribution < 1.29 is 14.3 Å². The third-order valence-corrected chi connectivity index (χ3v) is 4.82. The average molecular weight is 387 g/mol. The molecule has 1 aliphatic heterocycles. The molecule has 1 N–H and O–H groups in total. The van der Waals surface area contributed by atoms with E-state index < -0.39 is 0 Å². The highest BCUT2D eigenvalue weighted by Gasteiger charge is 2.17. The van der Waals surface area contributed by atoms with Gasteiger partial charge in [-0.05, 0) is 49.2 Å². The largest absolute Gasteiger partial charge is 0.482 e. The summed E-state index contributed by atoms with van der Waals surface area (Å²) in [5.74, 6) is 0.228. The second-order valence-corrected chi connectivity index (χ2v) is 6.96. The molecule has 6 heteroatoms.